The van der Waals surface area contributed by atoms with E-state index in [0.717, 1.165) is 11.8 Å². The van der Waals surface area contributed by atoms with E-state index in [1.165, 1.54) is 24.3 Å². The second-order valence-corrected chi connectivity index (χ2v) is 5.71. The van der Waals surface area contributed by atoms with Crippen LogP contribution in [-0.4, -0.2) is 26.8 Å². The van der Waals surface area contributed by atoms with Crippen molar-refractivity contribution in [1.29, 1.82) is 0 Å². The van der Waals surface area contributed by atoms with Gasteiger partial charge in [-0.3, -0.25) is 9.89 Å². The van der Waals surface area contributed by atoms with Gasteiger partial charge in [0.25, 0.3) is 0 Å². The molecule has 122 valence electrons. The van der Waals surface area contributed by atoms with Crippen LogP contribution in [-0.2, 0) is 4.79 Å². The van der Waals surface area contributed by atoms with Crippen LogP contribution in [0.15, 0.2) is 53.7 Å². The first-order chi connectivity index (χ1) is 11.6. The molecule has 1 heterocycles. The van der Waals surface area contributed by atoms with Gasteiger partial charge in [-0.25, -0.2) is 13.8 Å². The van der Waals surface area contributed by atoms with Crippen LogP contribution in [0, 0.1) is 11.6 Å². The molecule has 0 aliphatic heterocycles. The van der Waals surface area contributed by atoms with Crippen LogP contribution in [0.25, 0.3) is 11.4 Å². The van der Waals surface area contributed by atoms with E-state index in [1.54, 1.807) is 24.3 Å². The van der Waals surface area contributed by atoms with Crippen molar-refractivity contribution in [3.8, 4) is 11.4 Å². The van der Waals surface area contributed by atoms with Crippen LogP contribution in [0.3, 0.4) is 0 Å². The zero-order chi connectivity index (χ0) is 16.9. The number of aromatic nitrogens is 3. The quantitative estimate of drug-likeness (QED) is 0.694. The Bertz CT molecular complexity index is 869. The monoisotopic (exact) mass is 346 g/mol. The van der Waals surface area contributed by atoms with Crippen molar-refractivity contribution < 1.29 is 13.6 Å². The molecule has 0 unspecified atom stereocenters. The Kier molecular flexibility index (Phi) is 4.85. The standard InChI is InChI=1S/C16H12F2N4OS/c17-11-6-2-1-5-10(11)15-20-16(22-21-15)24-9-14(23)19-13-8-4-3-7-12(13)18/h1-8H,9H2,(H,19,23)(H,20,21,22). The molecule has 3 aromatic rings. The number of amides is 1. The van der Waals surface area contributed by atoms with E-state index in [4.69, 9.17) is 0 Å². The molecule has 2 N–H and O–H groups in total. The molecule has 3 rings (SSSR count). The summed E-state index contributed by atoms with van der Waals surface area (Å²) in [6.07, 6.45) is 0. The minimum absolute atomic E-state index is 0.00288. The van der Waals surface area contributed by atoms with E-state index < -0.39 is 11.6 Å². The van der Waals surface area contributed by atoms with Crippen LogP contribution in [0.1, 0.15) is 0 Å². The Morgan fingerprint density at radius 2 is 1.79 bits per heavy atom. The third-order valence-electron chi connectivity index (χ3n) is 3.07. The summed E-state index contributed by atoms with van der Waals surface area (Å²) in [4.78, 5) is 16.0. The summed E-state index contributed by atoms with van der Waals surface area (Å²) in [6, 6.07) is 12.1. The van der Waals surface area contributed by atoms with Crippen molar-refractivity contribution in [2.75, 3.05) is 11.1 Å². The number of H-pyrrole nitrogens is 1. The summed E-state index contributed by atoms with van der Waals surface area (Å²) in [5.41, 5.74) is 0.415. The summed E-state index contributed by atoms with van der Waals surface area (Å²) >= 11 is 1.06. The molecular formula is C16H12F2N4OS. The number of carbonyl (C=O) groups excluding carboxylic acids is 1. The molecule has 0 bridgehead atoms. The van der Waals surface area contributed by atoms with E-state index in [2.05, 4.69) is 20.5 Å². The maximum atomic E-state index is 13.7. The molecule has 0 aliphatic rings. The van der Waals surface area contributed by atoms with E-state index in [0.29, 0.717) is 10.7 Å². The summed E-state index contributed by atoms with van der Waals surface area (Å²) in [6.45, 7) is 0. The Morgan fingerprint density at radius 1 is 1.08 bits per heavy atom. The van der Waals surface area contributed by atoms with E-state index >= 15 is 0 Å². The smallest absolute Gasteiger partial charge is 0.234 e. The van der Waals surface area contributed by atoms with E-state index in [-0.39, 0.29) is 23.2 Å². The molecule has 2 aromatic carbocycles. The maximum Gasteiger partial charge on any atom is 0.234 e. The molecule has 1 amide bonds. The van der Waals surface area contributed by atoms with Gasteiger partial charge in [-0.1, -0.05) is 36.0 Å². The predicted octanol–water partition coefficient (Wildman–Crippen LogP) is 3.48. The number of anilines is 1. The highest BCUT2D eigenvalue weighted by Crippen LogP contribution is 2.22. The SMILES string of the molecule is O=C(CSc1n[nH]c(-c2ccccc2F)n1)Nc1ccccc1F. The van der Waals surface area contributed by atoms with Crippen molar-refractivity contribution in [2.45, 2.75) is 5.16 Å². The van der Waals surface area contributed by atoms with Gasteiger partial charge < -0.3 is 5.32 Å². The largest absolute Gasteiger partial charge is 0.323 e. The van der Waals surface area contributed by atoms with Gasteiger partial charge in [-0.15, -0.1) is 5.10 Å². The minimum Gasteiger partial charge on any atom is -0.323 e. The molecule has 1 aromatic heterocycles. The van der Waals surface area contributed by atoms with Crippen molar-refractivity contribution in [1.82, 2.24) is 15.2 Å². The number of halogens is 2. The van der Waals surface area contributed by atoms with Crippen molar-refractivity contribution in [3.05, 3.63) is 60.2 Å². The number of nitrogens with one attached hydrogen (secondary N) is 2. The van der Waals surface area contributed by atoms with Crippen LogP contribution in [0.4, 0.5) is 14.5 Å². The number of para-hydroxylation sites is 1. The lowest BCUT2D eigenvalue weighted by atomic mass is 10.2. The highest BCUT2D eigenvalue weighted by molar-refractivity contribution is 7.99. The molecule has 0 spiro atoms. The molecule has 0 atom stereocenters. The highest BCUT2D eigenvalue weighted by Gasteiger charge is 2.12. The van der Waals surface area contributed by atoms with Gasteiger partial charge in [0.15, 0.2) is 5.82 Å². The number of carbonyl (C=O) groups is 1. The second-order valence-electron chi connectivity index (χ2n) is 4.76. The topological polar surface area (TPSA) is 70.7 Å². The highest BCUT2D eigenvalue weighted by atomic mass is 32.2. The number of hydrogen-bond acceptors (Lipinski definition) is 4. The average molecular weight is 346 g/mol. The summed E-state index contributed by atoms with van der Waals surface area (Å²) < 4.78 is 27.1. The van der Waals surface area contributed by atoms with E-state index in [9.17, 15) is 13.6 Å². The van der Waals surface area contributed by atoms with Gasteiger partial charge >= 0.3 is 0 Å². The van der Waals surface area contributed by atoms with Gasteiger partial charge in [-0.05, 0) is 24.3 Å². The van der Waals surface area contributed by atoms with Gasteiger partial charge in [0.05, 0.1) is 17.0 Å². The number of rotatable bonds is 5. The summed E-state index contributed by atoms with van der Waals surface area (Å²) in [5.74, 6) is -1.02. The molecule has 8 heteroatoms. The first-order valence-corrected chi connectivity index (χ1v) is 7.96. The third-order valence-corrected chi connectivity index (χ3v) is 3.92. The minimum atomic E-state index is -0.504. The van der Waals surface area contributed by atoms with Gasteiger partial charge in [-0.2, -0.15) is 0 Å². The van der Waals surface area contributed by atoms with Crippen molar-refractivity contribution in [2.24, 2.45) is 0 Å². The zero-order valence-corrected chi connectivity index (χ0v) is 13.1. The Morgan fingerprint density at radius 3 is 2.54 bits per heavy atom. The van der Waals surface area contributed by atoms with Gasteiger partial charge in [0, 0.05) is 0 Å². The summed E-state index contributed by atoms with van der Waals surface area (Å²) in [7, 11) is 0. The normalized spacial score (nSPS) is 10.6. The van der Waals surface area contributed by atoms with Crippen LogP contribution in [0.2, 0.25) is 0 Å². The predicted molar refractivity (Wildman–Crippen MR) is 87.5 cm³/mol. The van der Waals surface area contributed by atoms with Crippen LogP contribution >= 0.6 is 11.8 Å². The third kappa shape index (κ3) is 3.77. The van der Waals surface area contributed by atoms with Gasteiger partial charge in [0.2, 0.25) is 11.1 Å². The van der Waals surface area contributed by atoms with Crippen molar-refractivity contribution >= 4 is 23.4 Å². The molecule has 5 nitrogen and oxygen atoms in total. The van der Waals surface area contributed by atoms with Crippen molar-refractivity contribution in [3.63, 3.8) is 0 Å². The van der Waals surface area contributed by atoms with Crippen LogP contribution in [0.5, 0.6) is 0 Å². The molecule has 24 heavy (non-hydrogen) atoms. The number of benzene rings is 2. The lowest BCUT2D eigenvalue weighted by Gasteiger charge is -2.04. The molecule has 0 fully saturated rings. The molecule has 0 radical (unpaired) electrons. The molecular weight excluding hydrogens is 334 g/mol. The first-order valence-electron chi connectivity index (χ1n) is 6.98. The molecule has 0 aliphatic carbocycles. The fraction of sp³-hybridized carbons (Fsp3) is 0.0625. The number of nitrogens with zero attached hydrogens (tertiary/aromatic N) is 2. The van der Waals surface area contributed by atoms with E-state index in [1.807, 2.05) is 0 Å². The number of thioether (sulfide) groups is 1. The lowest BCUT2D eigenvalue weighted by molar-refractivity contribution is -0.113. The van der Waals surface area contributed by atoms with Crippen LogP contribution < -0.4 is 5.32 Å². The fourth-order valence-corrected chi connectivity index (χ4v) is 2.56. The Labute approximate surface area is 140 Å². The second kappa shape index (κ2) is 7.22. The van der Waals surface area contributed by atoms with Gasteiger partial charge in [0.1, 0.15) is 11.6 Å². The average Bonchev–Trinajstić information content (AvgIpc) is 3.04. The molecule has 0 saturated carbocycles. The summed E-state index contributed by atoms with van der Waals surface area (Å²) in [5, 5.41) is 9.34. The number of hydrogen-bond donors (Lipinski definition) is 2. The molecule has 0 saturated heterocycles. The first kappa shape index (κ1) is 16.1. The number of aromatic amines is 1. The fourth-order valence-electron chi connectivity index (χ4n) is 1.96. The lowest BCUT2D eigenvalue weighted by Crippen LogP contribution is -2.15. The maximum absolute atomic E-state index is 13.7. The Hall–Kier alpha value is -2.74. The zero-order valence-electron chi connectivity index (χ0n) is 12.3. The Balaban J connectivity index is 1.61.